The van der Waals surface area contributed by atoms with Crippen LogP contribution in [0.2, 0.25) is 0 Å². The van der Waals surface area contributed by atoms with Crippen LogP contribution >= 0.6 is 0 Å². The molecule has 2 atom stereocenters. The molecule has 126 valence electrons. The van der Waals surface area contributed by atoms with Crippen molar-refractivity contribution in [1.82, 2.24) is 0 Å². The van der Waals surface area contributed by atoms with E-state index in [4.69, 9.17) is 0 Å². The summed E-state index contributed by atoms with van der Waals surface area (Å²) >= 11 is 0. The molecule has 4 bridgehead atoms. The predicted octanol–water partition coefficient (Wildman–Crippen LogP) is 5.03. The molecule has 4 rings (SSSR count). The van der Waals surface area contributed by atoms with Gasteiger partial charge in [-0.3, -0.25) is 4.79 Å². The third-order valence-corrected chi connectivity index (χ3v) is 6.42. The second-order valence-corrected chi connectivity index (χ2v) is 7.93. The number of rotatable bonds is 6. The fourth-order valence-corrected chi connectivity index (χ4v) is 5.75. The standard InChI is InChI=1S/C17H25F3O2/c18-17(19,20)5-3-1-2-4-14-12-6-11-7-13(14)10-16(8-11,9-12)15(21)22/h11-14H,1-10H2,(H,21,22). The van der Waals surface area contributed by atoms with Crippen LogP contribution in [0, 0.1) is 29.1 Å². The van der Waals surface area contributed by atoms with Crippen LogP contribution < -0.4 is 0 Å². The molecular formula is C17H25F3O2. The van der Waals surface area contributed by atoms with E-state index in [-0.39, 0.29) is 6.42 Å². The monoisotopic (exact) mass is 318 g/mol. The number of carbonyl (C=O) groups is 1. The topological polar surface area (TPSA) is 37.3 Å². The van der Waals surface area contributed by atoms with Gasteiger partial charge in [0.1, 0.15) is 0 Å². The Morgan fingerprint density at radius 3 is 2.23 bits per heavy atom. The summed E-state index contributed by atoms with van der Waals surface area (Å²) in [5, 5.41) is 9.58. The van der Waals surface area contributed by atoms with E-state index in [2.05, 4.69) is 0 Å². The highest BCUT2D eigenvalue weighted by Gasteiger charge is 2.58. The molecule has 4 aliphatic carbocycles. The van der Waals surface area contributed by atoms with E-state index in [1.54, 1.807) is 0 Å². The van der Waals surface area contributed by atoms with Crippen molar-refractivity contribution in [3.05, 3.63) is 0 Å². The lowest BCUT2D eigenvalue weighted by molar-refractivity contribution is -0.171. The molecule has 5 heteroatoms. The molecule has 0 aromatic heterocycles. The molecule has 0 spiro atoms. The summed E-state index contributed by atoms with van der Waals surface area (Å²) in [6.07, 6.45) is 2.80. The van der Waals surface area contributed by atoms with Gasteiger partial charge < -0.3 is 5.11 Å². The van der Waals surface area contributed by atoms with Gasteiger partial charge in [0.25, 0.3) is 0 Å². The zero-order valence-electron chi connectivity index (χ0n) is 12.9. The van der Waals surface area contributed by atoms with Gasteiger partial charge in [-0.15, -0.1) is 0 Å². The molecule has 2 nitrogen and oxygen atoms in total. The van der Waals surface area contributed by atoms with E-state index in [0.29, 0.717) is 30.1 Å². The average Bonchev–Trinajstić information content (AvgIpc) is 2.39. The molecular weight excluding hydrogens is 293 g/mol. The maximum atomic E-state index is 12.1. The predicted molar refractivity (Wildman–Crippen MR) is 76.3 cm³/mol. The Kier molecular flexibility index (Phi) is 4.19. The number of unbranched alkanes of at least 4 members (excludes halogenated alkanes) is 2. The van der Waals surface area contributed by atoms with E-state index in [0.717, 1.165) is 44.9 Å². The van der Waals surface area contributed by atoms with Crippen molar-refractivity contribution in [1.29, 1.82) is 0 Å². The second-order valence-electron chi connectivity index (χ2n) is 7.93. The summed E-state index contributed by atoms with van der Waals surface area (Å²) in [6.45, 7) is 0. The van der Waals surface area contributed by atoms with Crippen molar-refractivity contribution in [2.75, 3.05) is 0 Å². The Bertz CT molecular complexity index is 416. The van der Waals surface area contributed by atoms with Gasteiger partial charge in [0, 0.05) is 6.42 Å². The van der Waals surface area contributed by atoms with E-state index in [9.17, 15) is 23.1 Å². The summed E-state index contributed by atoms with van der Waals surface area (Å²) in [4.78, 5) is 11.6. The molecule has 0 saturated heterocycles. The van der Waals surface area contributed by atoms with Gasteiger partial charge in [-0.2, -0.15) is 13.2 Å². The normalized spacial score (nSPS) is 40.1. The van der Waals surface area contributed by atoms with Crippen LogP contribution in [0.3, 0.4) is 0 Å². The van der Waals surface area contributed by atoms with Crippen LogP contribution in [0.4, 0.5) is 13.2 Å². The minimum absolute atomic E-state index is 0.229. The van der Waals surface area contributed by atoms with Gasteiger partial charge in [0.2, 0.25) is 0 Å². The number of halogens is 3. The van der Waals surface area contributed by atoms with Crippen LogP contribution in [0.15, 0.2) is 0 Å². The number of hydrogen-bond donors (Lipinski definition) is 1. The van der Waals surface area contributed by atoms with Crippen LogP contribution in [0.25, 0.3) is 0 Å². The molecule has 0 amide bonds. The Hall–Kier alpha value is -0.740. The van der Waals surface area contributed by atoms with E-state index in [1.807, 2.05) is 0 Å². The lowest BCUT2D eigenvalue weighted by Crippen LogP contribution is -2.54. The molecule has 4 aliphatic rings. The molecule has 22 heavy (non-hydrogen) atoms. The van der Waals surface area contributed by atoms with Gasteiger partial charge in [-0.1, -0.05) is 12.8 Å². The molecule has 2 unspecified atom stereocenters. The van der Waals surface area contributed by atoms with Gasteiger partial charge in [-0.25, -0.2) is 0 Å². The molecule has 0 aromatic rings. The van der Waals surface area contributed by atoms with E-state index < -0.39 is 24.0 Å². The van der Waals surface area contributed by atoms with Gasteiger partial charge in [0.15, 0.2) is 0 Å². The number of alkyl halides is 3. The first kappa shape index (κ1) is 16.1. The Morgan fingerprint density at radius 1 is 1.05 bits per heavy atom. The molecule has 0 heterocycles. The van der Waals surface area contributed by atoms with Gasteiger partial charge >= 0.3 is 12.1 Å². The molecule has 0 aromatic carbocycles. The summed E-state index contributed by atoms with van der Waals surface area (Å²) in [6, 6.07) is 0. The molecule has 4 fully saturated rings. The summed E-state index contributed by atoms with van der Waals surface area (Å²) < 4.78 is 36.4. The van der Waals surface area contributed by atoms with Crippen molar-refractivity contribution in [3.8, 4) is 0 Å². The maximum absolute atomic E-state index is 12.1. The highest BCUT2D eigenvalue weighted by atomic mass is 19.4. The van der Waals surface area contributed by atoms with Crippen molar-refractivity contribution in [2.45, 2.75) is 70.4 Å². The summed E-state index contributed by atoms with van der Waals surface area (Å²) in [7, 11) is 0. The lowest BCUT2D eigenvalue weighted by Gasteiger charge is -2.58. The van der Waals surface area contributed by atoms with Crippen molar-refractivity contribution < 1.29 is 23.1 Å². The first-order chi connectivity index (χ1) is 10.3. The van der Waals surface area contributed by atoms with E-state index >= 15 is 0 Å². The number of aliphatic carboxylic acids is 1. The zero-order chi connectivity index (χ0) is 16.0. The lowest BCUT2D eigenvalue weighted by atomic mass is 9.45. The fourth-order valence-electron chi connectivity index (χ4n) is 5.75. The number of carboxylic acid groups (broad SMARTS) is 1. The first-order valence-electron chi connectivity index (χ1n) is 8.59. The van der Waals surface area contributed by atoms with Crippen molar-refractivity contribution >= 4 is 5.97 Å². The third-order valence-electron chi connectivity index (χ3n) is 6.42. The Balaban J connectivity index is 1.49. The summed E-state index contributed by atoms with van der Waals surface area (Å²) in [5.41, 5.74) is -0.469. The largest absolute Gasteiger partial charge is 0.481 e. The SMILES string of the molecule is O=C(O)C12CC3CC(C1)C(CCCCCC(F)(F)F)C(C3)C2. The number of carboxylic acids is 1. The Labute approximate surface area is 129 Å². The minimum Gasteiger partial charge on any atom is -0.481 e. The highest BCUT2D eigenvalue weighted by Crippen LogP contribution is 2.63. The fraction of sp³-hybridized carbons (Fsp3) is 0.941. The molecule has 0 radical (unpaired) electrons. The smallest absolute Gasteiger partial charge is 0.389 e. The molecule has 1 N–H and O–H groups in total. The quantitative estimate of drug-likeness (QED) is 0.698. The van der Waals surface area contributed by atoms with Crippen LogP contribution in [0.1, 0.15) is 64.2 Å². The van der Waals surface area contributed by atoms with Crippen molar-refractivity contribution in [3.63, 3.8) is 0 Å². The Morgan fingerprint density at radius 2 is 1.68 bits per heavy atom. The molecule has 4 saturated carbocycles. The minimum atomic E-state index is -4.03. The van der Waals surface area contributed by atoms with Crippen LogP contribution in [-0.4, -0.2) is 17.3 Å². The number of hydrogen-bond acceptors (Lipinski definition) is 1. The first-order valence-corrected chi connectivity index (χ1v) is 8.59. The maximum Gasteiger partial charge on any atom is 0.389 e. The van der Waals surface area contributed by atoms with Crippen molar-refractivity contribution in [2.24, 2.45) is 29.1 Å². The van der Waals surface area contributed by atoms with Crippen LogP contribution in [0.5, 0.6) is 0 Å². The average molecular weight is 318 g/mol. The third kappa shape index (κ3) is 3.13. The highest BCUT2D eigenvalue weighted by molar-refractivity contribution is 5.75. The zero-order valence-corrected chi connectivity index (χ0v) is 12.9. The van der Waals surface area contributed by atoms with Gasteiger partial charge in [0.05, 0.1) is 5.41 Å². The second kappa shape index (κ2) is 5.72. The van der Waals surface area contributed by atoms with Gasteiger partial charge in [-0.05, 0) is 68.6 Å². The molecule has 0 aliphatic heterocycles. The van der Waals surface area contributed by atoms with E-state index in [1.165, 1.54) is 0 Å². The summed E-state index contributed by atoms with van der Waals surface area (Å²) in [5.74, 6) is 1.54. The van der Waals surface area contributed by atoms with Crippen LogP contribution in [-0.2, 0) is 4.79 Å².